The van der Waals surface area contributed by atoms with Gasteiger partial charge in [0.2, 0.25) is 10.0 Å². The van der Waals surface area contributed by atoms with E-state index in [9.17, 15) is 8.42 Å². The Hall–Kier alpha value is -1.11. The molecular weight excluding hydrogens is 286 g/mol. The first-order valence-electron chi connectivity index (χ1n) is 7.33. The molecule has 5 nitrogen and oxygen atoms in total. The molecule has 6 heteroatoms. The quantitative estimate of drug-likeness (QED) is 0.836. The predicted molar refractivity (Wildman–Crippen MR) is 86.1 cm³/mol. The van der Waals surface area contributed by atoms with E-state index in [1.54, 1.807) is 12.1 Å². The largest absolute Gasteiger partial charge is 0.384 e. The number of sulfonamides is 1. The Bertz CT molecular complexity index is 597. The summed E-state index contributed by atoms with van der Waals surface area (Å²) >= 11 is 0. The maximum absolute atomic E-state index is 12.6. The van der Waals surface area contributed by atoms with Crippen molar-refractivity contribution in [1.29, 1.82) is 0 Å². The van der Waals surface area contributed by atoms with Crippen molar-refractivity contribution in [2.75, 3.05) is 32.5 Å². The lowest BCUT2D eigenvalue weighted by Crippen LogP contribution is -2.44. The van der Waals surface area contributed by atoms with E-state index in [1.165, 1.54) is 0 Å². The van der Waals surface area contributed by atoms with Gasteiger partial charge in [0.05, 0.1) is 4.90 Å². The van der Waals surface area contributed by atoms with Gasteiger partial charge < -0.3 is 10.2 Å². The second-order valence-corrected chi connectivity index (χ2v) is 7.94. The van der Waals surface area contributed by atoms with Crippen LogP contribution >= 0.6 is 0 Å². The van der Waals surface area contributed by atoms with Crippen LogP contribution in [0, 0.1) is 5.92 Å². The molecule has 2 rings (SSSR count). The summed E-state index contributed by atoms with van der Waals surface area (Å²) in [5.74, 6) is 0.235. The summed E-state index contributed by atoms with van der Waals surface area (Å²) in [4.78, 5) is 2.36. The van der Waals surface area contributed by atoms with Crippen molar-refractivity contribution < 1.29 is 8.42 Å². The second kappa shape index (κ2) is 6.34. The third kappa shape index (κ3) is 3.96. The van der Waals surface area contributed by atoms with Gasteiger partial charge in [0.1, 0.15) is 0 Å². The first-order chi connectivity index (χ1) is 9.79. The van der Waals surface area contributed by atoms with Gasteiger partial charge in [-0.2, -0.15) is 0 Å². The first-order valence-corrected chi connectivity index (χ1v) is 8.82. The lowest BCUT2D eigenvalue weighted by Gasteiger charge is -2.25. The number of nitrogens with zero attached hydrogens (tertiary/aromatic N) is 1. The molecule has 1 aromatic rings. The van der Waals surface area contributed by atoms with Crippen molar-refractivity contribution in [3.05, 3.63) is 23.8 Å². The number of hydrogen-bond acceptors (Lipinski definition) is 4. The van der Waals surface area contributed by atoms with Crippen molar-refractivity contribution in [3.63, 3.8) is 0 Å². The summed E-state index contributed by atoms with van der Waals surface area (Å²) in [6.45, 7) is 5.62. The minimum atomic E-state index is -3.48. The van der Waals surface area contributed by atoms with Gasteiger partial charge in [-0.05, 0) is 50.2 Å². The molecule has 0 bridgehead atoms. The fraction of sp³-hybridized carbons (Fsp3) is 0.600. The molecule has 0 aliphatic carbocycles. The second-order valence-electron chi connectivity index (χ2n) is 6.23. The van der Waals surface area contributed by atoms with E-state index in [1.807, 2.05) is 38.9 Å². The molecule has 0 amide bonds. The molecule has 1 aliphatic heterocycles. The van der Waals surface area contributed by atoms with E-state index >= 15 is 0 Å². The average Bonchev–Trinajstić information content (AvgIpc) is 2.84. The van der Waals surface area contributed by atoms with Crippen LogP contribution in [-0.4, -0.2) is 46.5 Å². The van der Waals surface area contributed by atoms with E-state index in [0.717, 1.165) is 24.2 Å². The van der Waals surface area contributed by atoms with Crippen LogP contribution in [0.1, 0.15) is 19.4 Å². The fourth-order valence-corrected chi connectivity index (χ4v) is 3.92. The Kier molecular flexibility index (Phi) is 4.91. The number of likely N-dealkylation sites (N-methyl/N-ethyl adjacent to an activating group) is 1. The van der Waals surface area contributed by atoms with E-state index in [-0.39, 0.29) is 12.0 Å². The lowest BCUT2D eigenvalue weighted by atomic mass is 10.1. The minimum Gasteiger partial charge on any atom is -0.384 e. The number of anilines is 1. The summed E-state index contributed by atoms with van der Waals surface area (Å²) in [5.41, 5.74) is 2.12. The van der Waals surface area contributed by atoms with Crippen LogP contribution in [0.4, 0.5) is 5.69 Å². The van der Waals surface area contributed by atoms with Crippen LogP contribution in [0.2, 0.25) is 0 Å². The standard InChI is InChI=1S/C15H25N3O2S/c1-11(2)15(10-18(3)4)17-21(19,20)13-5-6-14-12(9-13)7-8-16-14/h5-6,9,11,15-17H,7-8,10H2,1-4H3. The molecule has 1 aromatic carbocycles. The predicted octanol–water partition coefficient (Wildman–Crippen LogP) is 1.52. The first kappa shape index (κ1) is 16.3. The van der Waals surface area contributed by atoms with E-state index < -0.39 is 10.0 Å². The summed E-state index contributed by atoms with van der Waals surface area (Å²) in [7, 11) is 0.422. The monoisotopic (exact) mass is 311 g/mol. The highest BCUT2D eigenvalue weighted by molar-refractivity contribution is 7.89. The van der Waals surface area contributed by atoms with Gasteiger partial charge in [0.25, 0.3) is 0 Å². The van der Waals surface area contributed by atoms with E-state index in [0.29, 0.717) is 11.4 Å². The van der Waals surface area contributed by atoms with Gasteiger partial charge in [-0.1, -0.05) is 13.8 Å². The Morgan fingerprint density at radius 1 is 1.33 bits per heavy atom. The Morgan fingerprint density at radius 3 is 2.67 bits per heavy atom. The molecular formula is C15H25N3O2S. The van der Waals surface area contributed by atoms with Gasteiger partial charge in [0, 0.05) is 24.8 Å². The third-order valence-corrected chi connectivity index (χ3v) is 5.26. The molecule has 21 heavy (non-hydrogen) atoms. The zero-order chi connectivity index (χ0) is 15.6. The molecule has 118 valence electrons. The van der Waals surface area contributed by atoms with Crippen LogP contribution in [0.25, 0.3) is 0 Å². The molecule has 2 N–H and O–H groups in total. The van der Waals surface area contributed by atoms with Gasteiger partial charge >= 0.3 is 0 Å². The molecule has 0 aromatic heterocycles. The number of hydrogen-bond donors (Lipinski definition) is 2. The van der Waals surface area contributed by atoms with Crippen LogP contribution in [0.15, 0.2) is 23.1 Å². The smallest absolute Gasteiger partial charge is 0.240 e. The summed E-state index contributed by atoms with van der Waals surface area (Å²) in [6.07, 6.45) is 0.879. The maximum atomic E-state index is 12.6. The molecule has 0 spiro atoms. The molecule has 0 saturated carbocycles. The van der Waals surface area contributed by atoms with Gasteiger partial charge in [0.15, 0.2) is 0 Å². The summed E-state index contributed by atoms with van der Waals surface area (Å²) in [6, 6.07) is 5.21. The highest BCUT2D eigenvalue weighted by Gasteiger charge is 2.24. The molecule has 1 unspecified atom stereocenters. The van der Waals surface area contributed by atoms with Crippen LogP contribution in [-0.2, 0) is 16.4 Å². The van der Waals surface area contributed by atoms with Crippen molar-refractivity contribution in [1.82, 2.24) is 9.62 Å². The van der Waals surface area contributed by atoms with Gasteiger partial charge in [-0.15, -0.1) is 0 Å². The molecule has 1 heterocycles. The Balaban J connectivity index is 2.21. The van der Waals surface area contributed by atoms with Crippen molar-refractivity contribution in [2.45, 2.75) is 31.2 Å². The minimum absolute atomic E-state index is 0.101. The van der Waals surface area contributed by atoms with E-state index in [4.69, 9.17) is 0 Å². The van der Waals surface area contributed by atoms with Gasteiger partial charge in [-0.25, -0.2) is 13.1 Å². The van der Waals surface area contributed by atoms with Crippen LogP contribution in [0.3, 0.4) is 0 Å². The van der Waals surface area contributed by atoms with Crippen molar-refractivity contribution >= 4 is 15.7 Å². The van der Waals surface area contributed by atoms with Crippen molar-refractivity contribution in [3.8, 4) is 0 Å². The highest BCUT2D eigenvalue weighted by atomic mass is 32.2. The molecule has 1 atom stereocenters. The normalized spacial score (nSPS) is 16.1. The Morgan fingerprint density at radius 2 is 2.05 bits per heavy atom. The number of benzene rings is 1. The number of rotatable bonds is 6. The molecule has 0 saturated heterocycles. The molecule has 1 aliphatic rings. The molecule has 0 fully saturated rings. The van der Waals surface area contributed by atoms with E-state index in [2.05, 4.69) is 10.0 Å². The van der Waals surface area contributed by atoms with Gasteiger partial charge in [-0.3, -0.25) is 0 Å². The fourth-order valence-electron chi connectivity index (χ4n) is 2.49. The topological polar surface area (TPSA) is 61.4 Å². The average molecular weight is 311 g/mol. The third-order valence-electron chi connectivity index (χ3n) is 3.77. The lowest BCUT2D eigenvalue weighted by molar-refractivity contribution is 0.314. The SMILES string of the molecule is CC(C)C(CN(C)C)NS(=O)(=O)c1ccc2c(c1)CCN2. The maximum Gasteiger partial charge on any atom is 0.240 e. The highest BCUT2D eigenvalue weighted by Crippen LogP contribution is 2.25. The van der Waals surface area contributed by atoms with Crippen molar-refractivity contribution in [2.24, 2.45) is 5.92 Å². The zero-order valence-corrected chi connectivity index (χ0v) is 14.0. The van der Waals surface area contributed by atoms with Crippen LogP contribution in [0.5, 0.6) is 0 Å². The summed E-state index contributed by atoms with van der Waals surface area (Å²) < 4.78 is 28.0. The van der Waals surface area contributed by atoms with Crippen LogP contribution < -0.4 is 10.0 Å². The molecule has 0 radical (unpaired) electrons. The Labute approximate surface area is 127 Å². The summed E-state index contributed by atoms with van der Waals surface area (Å²) in [5, 5.41) is 3.24. The number of nitrogens with one attached hydrogen (secondary N) is 2. The zero-order valence-electron chi connectivity index (χ0n) is 13.2. The number of fused-ring (bicyclic) bond motifs is 1.